The largest absolute Gasteiger partial charge is 0.457 e. The van der Waals surface area contributed by atoms with Gasteiger partial charge < -0.3 is 9.73 Å². The van der Waals surface area contributed by atoms with Crippen molar-refractivity contribution in [3.05, 3.63) is 84.9 Å². The smallest absolute Gasteiger partial charge is 0.288 e. The molecule has 2 aromatic carbocycles. The molecular formula is C21H13Cl2N3O4S. The summed E-state index contributed by atoms with van der Waals surface area (Å²) in [6.07, 6.45) is 1.58. The maximum absolute atomic E-state index is 12.3. The second-order valence-electron chi connectivity index (χ2n) is 6.54. The molecule has 0 aliphatic carbocycles. The Labute approximate surface area is 190 Å². The van der Waals surface area contributed by atoms with Gasteiger partial charge in [-0.1, -0.05) is 29.3 Å². The molecule has 7 nitrogen and oxygen atoms in total. The standard InChI is InChI=1S/C21H13Cl2N3O4S/c1-11-2-4-13(9-16(11)23)24-21-25-20(27)19(31-21)10-14-5-7-18(30-14)12-3-6-15(22)17(8-12)26(28)29/h2-10H,1H3,(H,24,25,27). The maximum atomic E-state index is 12.3. The average Bonchev–Trinajstić information content (AvgIpc) is 3.32. The van der Waals surface area contributed by atoms with E-state index in [1.54, 1.807) is 30.3 Å². The van der Waals surface area contributed by atoms with Crippen LogP contribution >= 0.6 is 35.0 Å². The number of nitro benzene ring substituents is 1. The highest BCUT2D eigenvalue weighted by molar-refractivity contribution is 8.18. The van der Waals surface area contributed by atoms with E-state index < -0.39 is 4.92 Å². The maximum Gasteiger partial charge on any atom is 0.288 e. The van der Waals surface area contributed by atoms with Crippen LogP contribution in [0.3, 0.4) is 0 Å². The molecule has 0 atom stereocenters. The number of nitrogens with zero attached hydrogens (tertiary/aromatic N) is 2. The summed E-state index contributed by atoms with van der Waals surface area (Å²) in [5.74, 6) is 0.533. The van der Waals surface area contributed by atoms with Crippen molar-refractivity contribution >= 4 is 63.5 Å². The van der Waals surface area contributed by atoms with Crippen LogP contribution in [0.15, 0.2) is 62.8 Å². The third-order valence-corrected chi connectivity index (χ3v) is 6.00. The van der Waals surface area contributed by atoms with Crippen molar-refractivity contribution in [3.63, 3.8) is 0 Å². The molecule has 4 rings (SSSR count). The lowest BCUT2D eigenvalue weighted by molar-refractivity contribution is -0.384. The Morgan fingerprint density at radius 1 is 1.13 bits per heavy atom. The first-order valence-electron chi connectivity index (χ1n) is 8.90. The number of benzene rings is 2. The van der Waals surface area contributed by atoms with Crippen LogP contribution < -0.4 is 5.32 Å². The van der Waals surface area contributed by atoms with E-state index in [-0.39, 0.29) is 16.6 Å². The molecule has 2 heterocycles. The highest BCUT2D eigenvalue weighted by atomic mass is 35.5. The van der Waals surface area contributed by atoms with Crippen molar-refractivity contribution in [1.29, 1.82) is 0 Å². The zero-order chi connectivity index (χ0) is 22.1. The summed E-state index contributed by atoms with van der Waals surface area (Å²) in [5, 5.41) is 14.9. The van der Waals surface area contributed by atoms with Crippen molar-refractivity contribution in [3.8, 4) is 11.3 Å². The number of hydrogen-bond acceptors (Lipinski definition) is 6. The predicted molar refractivity (Wildman–Crippen MR) is 123 cm³/mol. The van der Waals surface area contributed by atoms with Crippen LogP contribution in [0.5, 0.6) is 0 Å². The zero-order valence-corrected chi connectivity index (χ0v) is 18.2. The van der Waals surface area contributed by atoms with Gasteiger partial charge in [-0.3, -0.25) is 14.9 Å². The van der Waals surface area contributed by atoms with Crippen LogP contribution in [0.2, 0.25) is 10.0 Å². The number of aryl methyl sites for hydroxylation is 1. The number of rotatable bonds is 4. The number of amides is 1. The van der Waals surface area contributed by atoms with E-state index in [1.165, 1.54) is 23.9 Å². The van der Waals surface area contributed by atoms with Crippen molar-refractivity contribution in [2.24, 2.45) is 4.99 Å². The van der Waals surface area contributed by atoms with Gasteiger partial charge in [-0.2, -0.15) is 0 Å². The minimum atomic E-state index is -0.556. The number of hydrogen-bond donors (Lipinski definition) is 1. The van der Waals surface area contributed by atoms with Crippen molar-refractivity contribution in [1.82, 2.24) is 5.32 Å². The zero-order valence-electron chi connectivity index (χ0n) is 15.9. The molecule has 3 aromatic rings. The first kappa shape index (κ1) is 21.2. The van der Waals surface area contributed by atoms with Crippen LogP contribution in [0.4, 0.5) is 11.4 Å². The summed E-state index contributed by atoms with van der Waals surface area (Å²) in [4.78, 5) is 27.6. The Bertz CT molecular complexity index is 1280. The lowest BCUT2D eigenvalue weighted by Crippen LogP contribution is -2.19. The van der Waals surface area contributed by atoms with Gasteiger partial charge in [-0.15, -0.1) is 0 Å². The van der Waals surface area contributed by atoms with Crippen LogP contribution in [0, 0.1) is 17.0 Å². The van der Waals surface area contributed by atoms with Gasteiger partial charge in [0.1, 0.15) is 16.5 Å². The summed E-state index contributed by atoms with van der Waals surface area (Å²) < 4.78 is 5.74. The number of aliphatic imine (C=N–C) groups is 1. The summed E-state index contributed by atoms with van der Waals surface area (Å²) in [6.45, 7) is 1.89. The number of thioether (sulfide) groups is 1. The summed E-state index contributed by atoms with van der Waals surface area (Å²) in [7, 11) is 0. The third kappa shape index (κ3) is 4.66. The number of carbonyl (C=O) groups is 1. The Morgan fingerprint density at radius 2 is 1.94 bits per heavy atom. The molecular weight excluding hydrogens is 461 g/mol. The molecule has 1 fully saturated rings. The van der Waals surface area contributed by atoms with Crippen LogP contribution in [-0.2, 0) is 4.79 Å². The molecule has 31 heavy (non-hydrogen) atoms. The molecule has 1 N–H and O–H groups in total. The molecule has 10 heteroatoms. The molecule has 0 spiro atoms. The number of nitro groups is 1. The fraction of sp³-hybridized carbons (Fsp3) is 0.0476. The fourth-order valence-corrected chi connectivity index (χ4v) is 3.95. The molecule has 0 bridgehead atoms. The monoisotopic (exact) mass is 473 g/mol. The van der Waals surface area contributed by atoms with Crippen LogP contribution in [0.25, 0.3) is 17.4 Å². The van der Waals surface area contributed by atoms with Crippen LogP contribution in [-0.4, -0.2) is 16.0 Å². The minimum Gasteiger partial charge on any atom is -0.457 e. The molecule has 0 radical (unpaired) electrons. The third-order valence-electron chi connectivity index (χ3n) is 4.36. The Hall–Kier alpha value is -3.07. The minimum absolute atomic E-state index is 0.0448. The second-order valence-corrected chi connectivity index (χ2v) is 8.39. The highest BCUT2D eigenvalue weighted by Crippen LogP contribution is 2.33. The lowest BCUT2D eigenvalue weighted by Gasteiger charge is -2.00. The topological polar surface area (TPSA) is 97.7 Å². The summed E-state index contributed by atoms with van der Waals surface area (Å²) in [6, 6.07) is 13.1. The molecule has 156 valence electrons. The molecule has 0 saturated carbocycles. The van der Waals surface area contributed by atoms with Gasteiger partial charge in [0.15, 0.2) is 5.17 Å². The van der Waals surface area contributed by atoms with Crippen molar-refractivity contribution in [2.75, 3.05) is 0 Å². The lowest BCUT2D eigenvalue weighted by atomic mass is 10.1. The van der Waals surface area contributed by atoms with Crippen LogP contribution in [0.1, 0.15) is 11.3 Å². The Morgan fingerprint density at radius 3 is 2.68 bits per heavy atom. The van der Waals surface area contributed by atoms with Gasteiger partial charge >= 0.3 is 0 Å². The van der Waals surface area contributed by atoms with E-state index in [0.29, 0.717) is 37.9 Å². The molecule has 1 aliphatic heterocycles. The fourth-order valence-electron chi connectivity index (χ4n) is 2.77. The van der Waals surface area contributed by atoms with Gasteiger partial charge in [0.05, 0.1) is 15.5 Å². The van der Waals surface area contributed by atoms with E-state index in [1.807, 2.05) is 19.1 Å². The first-order chi connectivity index (χ1) is 14.8. The van der Waals surface area contributed by atoms with Gasteiger partial charge in [-0.05, 0) is 60.6 Å². The Balaban J connectivity index is 1.56. The van der Waals surface area contributed by atoms with E-state index in [4.69, 9.17) is 27.6 Å². The summed E-state index contributed by atoms with van der Waals surface area (Å²) in [5.41, 5.74) is 1.86. The number of amidine groups is 1. The Kier molecular flexibility index (Phi) is 5.86. The van der Waals surface area contributed by atoms with Gasteiger partial charge in [0.2, 0.25) is 0 Å². The van der Waals surface area contributed by atoms with E-state index >= 15 is 0 Å². The molecule has 0 unspecified atom stereocenters. The predicted octanol–water partition coefficient (Wildman–Crippen LogP) is 6.36. The number of carbonyl (C=O) groups excluding carboxylic acids is 1. The second kappa shape index (κ2) is 8.58. The highest BCUT2D eigenvalue weighted by Gasteiger charge is 2.24. The first-order valence-corrected chi connectivity index (χ1v) is 10.5. The van der Waals surface area contributed by atoms with Gasteiger partial charge in [0.25, 0.3) is 11.6 Å². The molecule has 1 aromatic heterocycles. The molecule has 1 aliphatic rings. The number of nitrogens with one attached hydrogen (secondary N) is 1. The molecule has 1 amide bonds. The quantitative estimate of drug-likeness (QED) is 0.270. The molecule has 1 saturated heterocycles. The van der Waals surface area contributed by atoms with Gasteiger partial charge in [-0.25, -0.2) is 4.99 Å². The average molecular weight is 474 g/mol. The number of furan rings is 1. The van der Waals surface area contributed by atoms with Crippen molar-refractivity contribution in [2.45, 2.75) is 6.92 Å². The van der Waals surface area contributed by atoms with E-state index in [9.17, 15) is 14.9 Å². The van der Waals surface area contributed by atoms with Gasteiger partial charge in [0, 0.05) is 22.7 Å². The SMILES string of the molecule is Cc1ccc(N=C2NC(=O)C(=Cc3ccc(-c4ccc(Cl)c([N+](=O)[O-])c4)o3)S2)cc1Cl. The number of halogens is 2. The van der Waals surface area contributed by atoms with E-state index in [2.05, 4.69) is 10.3 Å². The summed E-state index contributed by atoms with van der Waals surface area (Å²) >= 11 is 13.1. The normalized spacial score (nSPS) is 16.2. The van der Waals surface area contributed by atoms with Crippen molar-refractivity contribution < 1.29 is 14.1 Å². The van der Waals surface area contributed by atoms with E-state index in [0.717, 1.165) is 5.56 Å².